The summed E-state index contributed by atoms with van der Waals surface area (Å²) in [6.45, 7) is 3.90. The zero-order valence-electron chi connectivity index (χ0n) is 23.6. The van der Waals surface area contributed by atoms with Crippen LogP contribution in [-0.4, -0.2) is 28.7 Å². The van der Waals surface area contributed by atoms with Gasteiger partial charge in [-0.2, -0.15) is 0 Å². The van der Waals surface area contributed by atoms with Crippen LogP contribution in [-0.2, 0) is 25.6 Å². The van der Waals surface area contributed by atoms with E-state index in [2.05, 4.69) is 6.92 Å². The van der Waals surface area contributed by atoms with Gasteiger partial charge in [-0.25, -0.2) is 4.90 Å². The number of phenols is 1. The Kier molecular flexibility index (Phi) is 5.98. The minimum absolute atomic E-state index is 0.0644. The van der Waals surface area contributed by atoms with Gasteiger partial charge in [0, 0.05) is 5.92 Å². The Labute approximate surface area is 244 Å². The van der Waals surface area contributed by atoms with Crippen molar-refractivity contribution in [2.24, 2.45) is 29.1 Å². The van der Waals surface area contributed by atoms with Gasteiger partial charge in [0.15, 0.2) is 0 Å². The van der Waals surface area contributed by atoms with Crippen molar-refractivity contribution in [3.05, 3.63) is 102 Å². The van der Waals surface area contributed by atoms with Crippen LogP contribution in [0.4, 0.5) is 11.4 Å². The van der Waals surface area contributed by atoms with E-state index in [1.165, 1.54) is 9.80 Å². The molecular formula is C35H32N2O5. The maximum Gasteiger partial charge on any atom is 0.241 e. The van der Waals surface area contributed by atoms with Crippen molar-refractivity contribution in [2.75, 3.05) is 9.80 Å². The van der Waals surface area contributed by atoms with Crippen LogP contribution >= 0.6 is 0 Å². The number of rotatable bonds is 4. The van der Waals surface area contributed by atoms with Gasteiger partial charge in [0.25, 0.3) is 0 Å². The molecule has 4 aliphatic rings. The summed E-state index contributed by atoms with van der Waals surface area (Å²) in [5.41, 5.74) is 2.69. The average molecular weight is 561 g/mol. The van der Waals surface area contributed by atoms with Crippen molar-refractivity contribution >= 4 is 35.0 Å². The molecule has 3 aromatic carbocycles. The Morgan fingerprint density at radius 1 is 0.810 bits per heavy atom. The summed E-state index contributed by atoms with van der Waals surface area (Å²) < 4.78 is 0. The van der Waals surface area contributed by atoms with E-state index in [-0.39, 0.29) is 29.4 Å². The second-order valence-corrected chi connectivity index (χ2v) is 12.1. The third-order valence-electron chi connectivity index (χ3n) is 10.1. The first-order valence-electron chi connectivity index (χ1n) is 14.6. The Morgan fingerprint density at radius 2 is 1.52 bits per heavy atom. The molecule has 1 N–H and O–H groups in total. The number of aryl methyl sites for hydroxylation is 1. The van der Waals surface area contributed by atoms with Crippen molar-refractivity contribution in [1.29, 1.82) is 0 Å². The van der Waals surface area contributed by atoms with Crippen LogP contribution in [0.5, 0.6) is 5.75 Å². The number of para-hydroxylation sites is 1. The normalized spacial score (nSPS) is 30.2. The summed E-state index contributed by atoms with van der Waals surface area (Å²) in [5, 5.41) is 10.5. The summed E-state index contributed by atoms with van der Waals surface area (Å²) in [7, 11) is 0. The quantitative estimate of drug-likeness (QED) is 0.341. The van der Waals surface area contributed by atoms with E-state index >= 15 is 0 Å². The van der Waals surface area contributed by atoms with Crippen LogP contribution in [0, 0.1) is 29.1 Å². The fourth-order valence-corrected chi connectivity index (χ4v) is 8.06. The molecule has 3 aromatic rings. The average Bonchev–Trinajstić information content (AvgIpc) is 3.37. The van der Waals surface area contributed by atoms with Gasteiger partial charge in [-0.05, 0) is 79.6 Å². The number of carbonyl (C=O) groups excluding carboxylic acids is 4. The molecule has 212 valence electrons. The molecule has 0 unspecified atom stereocenters. The van der Waals surface area contributed by atoms with Crippen molar-refractivity contribution in [3.8, 4) is 5.75 Å². The first-order chi connectivity index (χ1) is 20.3. The highest BCUT2D eigenvalue weighted by Gasteiger charge is 2.67. The van der Waals surface area contributed by atoms with Crippen molar-refractivity contribution in [2.45, 2.75) is 39.0 Å². The molecule has 7 rings (SSSR count). The fraction of sp³-hybridized carbons (Fsp3) is 0.314. The van der Waals surface area contributed by atoms with Gasteiger partial charge in [0.05, 0.1) is 34.5 Å². The Morgan fingerprint density at radius 3 is 2.21 bits per heavy atom. The summed E-state index contributed by atoms with van der Waals surface area (Å²) >= 11 is 0. The van der Waals surface area contributed by atoms with Crippen molar-refractivity contribution in [3.63, 3.8) is 0 Å². The number of aromatic hydroxyl groups is 1. The zero-order valence-corrected chi connectivity index (χ0v) is 23.6. The summed E-state index contributed by atoms with van der Waals surface area (Å²) in [5.74, 6) is -3.75. The highest BCUT2D eigenvalue weighted by molar-refractivity contribution is 6.25. The lowest BCUT2D eigenvalue weighted by molar-refractivity contribution is -0.131. The van der Waals surface area contributed by atoms with Gasteiger partial charge in [0.1, 0.15) is 5.75 Å². The molecule has 1 saturated carbocycles. The third kappa shape index (κ3) is 3.58. The van der Waals surface area contributed by atoms with Crippen LogP contribution in [0.25, 0.3) is 0 Å². The highest BCUT2D eigenvalue weighted by atomic mass is 16.3. The topological polar surface area (TPSA) is 95.0 Å². The Balaban J connectivity index is 1.35. The number of imide groups is 2. The molecule has 2 heterocycles. The Hall–Kier alpha value is -4.52. The molecular weight excluding hydrogens is 528 g/mol. The first-order valence-corrected chi connectivity index (χ1v) is 14.6. The zero-order chi connectivity index (χ0) is 29.3. The first kappa shape index (κ1) is 26.4. The number of hydrogen-bond acceptors (Lipinski definition) is 5. The predicted molar refractivity (Wildman–Crippen MR) is 157 cm³/mol. The summed E-state index contributed by atoms with van der Waals surface area (Å²) in [6.07, 6.45) is 3.56. The number of allylic oxidation sites excluding steroid dienone is 2. The monoisotopic (exact) mass is 560 g/mol. The summed E-state index contributed by atoms with van der Waals surface area (Å²) in [4.78, 5) is 58.9. The molecule has 2 aliphatic carbocycles. The molecule has 7 heteroatoms. The van der Waals surface area contributed by atoms with Crippen LogP contribution in [0.1, 0.15) is 43.7 Å². The number of fused-ring (bicyclic) bond motifs is 4. The van der Waals surface area contributed by atoms with Gasteiger partial charge < -0.3 is 5.11 Å². The molecule has 0 aromatic heterocycles. The lowest BCUT2D eigenvalue weighted by Gasteiger charge is -2.49. The number of nitrogens with zero attached hydrogens (tertiary/aromatic N) is 2. The van der Waals surface area contributed by atoms with Crippen molar-refractivity contribution < 1.29 is 24.3 Å². The van der Waals surface area contributed by atoms with Gasteiger partial charge >= 0.3 is 0 Å². The fourth-order valence-electron chi connectivity index (χ4n) is 8.06. The number of carbonyl (C=O) groups is 4. The third-order valence-corrected chi connectivity index (χ3v) is 10.1. The number of phenolic OH excluding ortho intramolecular Hbond substituents is 1. The number of benzene rings is 3. The molecule has 0 bridgehead atoms. The van der Waals surface area contributed by atoms with Crippen molar-refractivity contribution in [1.82, 2.24) is 0 Å². The standard InChI is InChI=1S/C35H32N2O5/c1-3-20-12-14-23(15-13-20)36-31(39)26-17-16-25-27(29(26)33(36)41)19-28-32(40)37(22-9-5-4-6-10-22)34(42)35(28,2)30(25)21-8-7-11-24(38)18-21/h4-16,18,26-30,38H,3,17,19H2,1-2H3/t26-,27+,28-,29-,30-,35+/m0/s1. The lowest BCUT2D eigenvalue weighted by Crippen LogP contribution is -2.48. The minimum atomic E-state index is -1.13. The van der Waals surface area contributed by atoms with E-state index in [1.807, 2.05) is 49.4 Å². The van der Waals surface area contributed by atoms with Crippen LogP contribution < -0.4 is 9.80 Å². The van der Waals surface area contributed by atoms with Crippen LogP contribution in [0.2, 0.25) is 0 Å². The molecule has 42 heavy (non-hydrogen) atoms. The van der Waals surface area contributed by atoms with Crippen LogP contribution in [0.15, 0.2) is 90.5 Å². The smallest absolute Gasteiger partial charge is 0.241 e. The minimum Gasteiger partial charge on any atom is -0.508 e. The molecule has 2 aliphatic heterocycles. The Bertz CT molecular complexity index is 1660. The van der Waals surface area contributed by atoms with E-state index in [1.54, 1.807) is 42.5 Å². The molecule has 2 saturated heterocycles. The van der Waals surface area contributed by atoms with E-state index in [4.69, 9.17) is 0 Å². The molecule has 6 atom stereocenters. The predicted octanol–water partition coefficient (Wildman–Crippen LogP) is 5.39. The number of hydrogen-bond donors (Lipinski definition) is 1. The molecule has 7 nitrogen and oxygen atoms in total. The molecule has 0 radical (unpaired) electrons. The maximum atomic E-state index is 14.3. The van der Waals surface area contributed by atoms with E-state index < -0.39 is 35.0 Å². The molecule has 3 fully saturated rings. The number of amides is 4. The van der Waals surface area contributed by atoms with Gasteiger partial charge in [-0.1, -0.05) is 61.0 Å². The maximum absolute atomic E-state index is 14.3. The second kappa shape index (κ2) is 9.51. The number of anilines is 2. The van der Waals surface area contributed by atoms with Crippen LogP contribution in [0.3, 0.4) is 0 Å². The summed E-state index contributed by atoms with van der Waals surface area (Å²) in [6, 6.07) is 23.3. The molecule has 0 spiro atoms. The molecule has 4 amide bonds. The second-order valence-electron chi connectivity index (χ2n) is 12.1. The SMILES string of the molecule is CCc1ccc(N2C(=O)[C@H]3[C@H](CC=C4[C@H]3C[C@H]3C(=O)N(c5ccccc5)C(=O)[C@@]3(C)[C@H]4c3cccc(O)c3)C2=O)cc1. The van der Waals surface area contributed by atoms with E-state index in [9.17, 15) is 24.3 Å². The highest BCUT2D eigenvalue weighted by Crippen LogP contribution is 2.63. The van der Waals surface area contributed by atoms with Gasteiger partial charge in [-0.3, -0.25) is 24.1 Å². The van der Waals surface area contributed by atoms with E-state index in [0.717, 1.165) is 23.1 Å². The van der Waals surface area contributed by atoms with Gasteiger partial charge in [-0.15, -0.1) is 0 Å². The van der Waals surface area contributed by atoms with Gasteiger partial charge in [0.2, 0.25) is 23.6 Å². The lowest BCUT2D eigenvalue weighted by atomic mass is 9.51. The largest absolute Gasteiger partial charge is 0.508 e. The van der Waals surface area contributed by atoms with E-state index in [0.29, 0.717) is 24.2 Å².